The standard InChI is InChI=1S/C14H10BrF3/c15-9-11-4-1-2-7-13(11)10-5-3-6-12(8-10)14(16,17)18/h1-8H,9H2. The number of halogens is 4. The van der Waals surface area contributed by atoms with Gasteiger partial charge in [-0.3, -0.25) is 0 Å². The summed E-state index contributed by atoms with van der Waals surface area (Å²) in [5, 5.41) is 0.611. The molecule has 0 heterocycles. The fraction of sp³-hybridized carbons (Fsp3) is 0.143. The monoisotopic (exact) mass is 314 g/mol. The Morgan fingerprint density at radius 2 is 1.67 bits per heavy atom. The van der Waals surface area contributed by atoms with Crippen molar-refractivity contribution in [3.8, 4) is 11.1 Å². The van der Waals surface area contributed by atoms with Crippen molar-refractivity contribution in [2.45, 2.75) is 11.5 Å². The Kier molecular flexibility index (Phi) is 3.76. The Morgan fingerprint density at radius 3 is 2.33 bits per heavy atom. The highest BCUT2D eigenvalue weighted by Crippen LogP contribution is 2.33. The maximum Gasteiger partial charge on any atom is 0.416 e. The van der Waals surface area contributed by atoms with Crippen LogP contribution in [0.5, 0.6) is 0 Å². The summed E-state index contributed by atoms with van der Waals surface area (Å²) in [6, 6.07) is 12.8. The third kappa shape index (κ3) is 2.75. The van der Waals surface area contributed by atoms with E-state index in [1.54, 1.807) is 6.07 Å². The number of hydrogen-bond donors (Lipinski definition) is 0. The van der Waals surface area contributed by atoms with E-state index in [0.29, 0.717) is 10.9 Å². The zero-order chi connectivity index (χ0) is 13.2. The molecular formula is C14H10BrF3. The van der Waals surface area contributed by atoms with E-state index >= 15 is 0 Å². The third-order valence-electron chi connectivity index (χ3n) is 2.66. The lowest BCUT2D eigenvalue weighted by atomic mass is 9.99. The highest BCUT2D eigenvalue weighted by Gasteiger charge is 2.30. The first-order valence-corrected chi connectivity index (χ1v) is 6.46. The van der Waals surface area contributed by atoms with Crippen molar-refractivity contribution in [2.75, 3.05) is 0 Å². The molecule has 0 aromatic heterocycles. The summed E-state index contributed by atoms with van der Waals surface area (Å²) < 4.78 is 38.0. The summed E-state index contributed by atoms with van der Waals surface area (Å²) in [5.74, 6) is 0. The van der Waals surface area contributed by atoms with Crippen molar-refractivity contribution in [1.82, 2.24) is 0 Å². The van der Waals surface area contributed by atoms with Gasteiger partial charge in [0.05, 0.1) is 5.56 Å². The van der Waals surface area contributed by atoms with Crippen molar-refractivity contribution >= 4 is 15.9 Å². The van der Waals surface area contributed by atoms with E-state index in [2.05, 4.69) is 15.9 Å². The summed E-state index contributed by atoms with van der Waals surface area (Å²) >= 11 is 3.34. The fourth-order valence-corrected chi connectivity index (χ4v) is 2.27. The quantitative estimate of drug-likeness (QED) is 0.663. The molecule has 0 amide bonds. The minimum Gasteiger partial charge on any atom is -0.166 e. The molecule has 0 fully saturated rings. The molecule has 94 valence electrons. The van der Waals surface area contributed by atoms with Crippen molar-refractivity contribution < 1.29 is 13.2 Å². The van der Waals surface area contributed by atoms with Crippen molar-refractivity contribution in [2.24, 2.45) is 0 Å². The second-order valence-electron chi connectivity index (χ2n) is 3.87. The van der Waals surface area contributed by atoms with Crippen LogP contribution in [-0.4, -0.2) is 0 Å². The number of rotatable bonds is 2. The maximum absolute atomic E-state index is 12.7. The molecule has 2 aromatic rings. The van der Waals surface area contributed by atoms with E-state index in [9.17, 15) is 13.2 Å². The highest BCUT2D eigenvalue weighted by molar-refractivity contribution is 9.08. The SMILES string of the molecule is FC(F)(F)c1cccc(-c2ccccc2CBr)c1. The van der Waals surface area contributed by atoms with Gasteiger partial charge in [0.15, 0.2) is 0 Å². The normalized spacial score (nSPS) is 11.6. The smallest absolute Gasteiger partial charge is 0.166 e. The van der Waals surface area contributed by atoms with E-state index < -0.39 is 11.7 Å². The summed E-state index contributed by atoms with van der Waals surface area (Å²) in [6.45, 7) is 0. The van der Waals surface area contributed by atoms with Crippen molar-refractivity contribution in [1.29, 1.82) is 0 Å². The fourth-order valence-electron chi connectivity index (χ4n) is 1.78. The van der Waals surface area contributed by atoms with Gasteiger partial charge in [0, 0.05) is 5.33 Å². The van der Waals surface area contributed by atoms with Crippen LogP contribution in [-0.2, 0) is 11.5 Å². The maximum atomic E-state index is 12.7. The molecule has 0 unspecified atom stereocenters. The average Bonchev–Trinajstić information content (AvgIpc) is 2.38. The first kappa shape index (κ1) is 13.1. The Balaban J connectivity index is 2.51. The van der Waals surface area contributed by atoms with Crippen molar-refractivity contribution in [3.05, 3.63) is 59.7 Å². The third-order valence-corrected chi connectivity index (χ3v) is 3.27. The van der Waals surface area contributed by atoms with Crippen LogP contribution in [0.2, 0.25) is 0 Å². The van der Waals surface area contributed by atoms with Gasteiger partial charge in [0.2, 0.25) is 0 Å². The van der Waals surface area contributed by atoms with Gasteiger partial charge >= 0.3 is 6.18 Å². The van der Waals surface area contributed by atoms with Gasteiger partial charge < -0.3 is 0 Å². The Labute approximate surface area is 112 Å². The molecule has 0 bridgehead atoms. The molecule has 0 atom stereocenters. The van der Waals surface area contributed by atoms with Crippen LogP contribution >= 0.6 is 15.9 Å². The Hall–Kier alpha value is -1.29. The molecule has 0 radical (unpaired) electrons. The molecule has 0 saturated carbocycles. The van der Waals surface area contributed by atoms with E-state index in [4.69, 9.17) is 0 Å². The summed E-state index contributed by atoms with van der Waals surface area (Å²) in [6.07, 6.45) is -4.31. The molecule has 0 aliphatic rings. The molecule has 0 N–H and O–H groups in total. The van der Waals surface area contributed by atoms with E-state index in [0.717, 1.165) is 17.2 Å². The molecule has 4 heteroatoms. The van der Waals surface area contributed by atoms with Crippen LogP contribution in [0.1, 0.15) is 11.1 Å². The summed E-state index contributed by atoms with van der Waals surface area (Å²) in [5.41, 5.74) is 1.75. The number of alkyl halides is 4. The van der Waals surface area contributed by atoms with Crippen LogP contribution in [0.25, 0.3) is 11.1 Å². The van der Waals surface area contributed by atoms with Crippen LogP contribution in [0, 0.1) is 0 Å². The lowest BCUT2D eigenvalue weighted by Gasteiger charge is -2.11. The predicted octanol–water partition coefficient (Wildman–Crippen LogP) is 5.27. The minimum absolute atomic E-state index is 0.583. The van der Waals surface area contributed by atoms with Gasteiger partial charge in [-0.2, -0.15) is 13.2 Å². The van der Waals surface area contributed by atoms with Gasteiger partial charge in [0.25, 0.3) is 0 Å². The summed E-state index contributed by atoms with van der Waals surface area (Å²) in [4.78, 5) is 0. The molecular weight excluding hydrogens is 305 g/mol. The second-order valence-corrected chi connectivity index (χ2v) is 4.43. The largest absolute Gasteiger partial charge is 0.416 e. The first-order chi connectivity index (χ1) is 8.52. The Bertz CT molecular complexity index is 547. The summed E-state index contributed by atoms with van der Waals surface area (Å²) in [7, 11) is 0. The van der Waals surface area contributed by atoms with Gasteiger partial charge in [-0.25, -0.2) is 0 Å². The van der Waals surface area contributed by atoms with Gasteiger partial charge in [0.1, 0.15) is 0 Å². The average molecular weight is 315 g/mol. The lowest BCUT2D eigenvalue weighted by molar-refractivity contribution is -0.137. The molecule has 0 aliphatic carbocycles. The van der Waals surface area contributed by atoms with Crippen LogP contribution < -0.4 is 0 Å². The zero-order valence-electron chi connectivity index (χ0n) is 9.34. The van der Waals surface area contributed by atoms with Crippen LogP contribution in [0.3, 0.4) is 0 Å². The lowest BCUT2D eigenvalue weighted by Crippen LogP contribution is -2.04. The molecule has 18 heavy (non-hydrogen) atoms. The first-order valence-electron chi connectivity index (χ1n) is 5.34. The van der Waals surface area contributed by atoms with Gasteiger partial charge in [-0.15, -0.1) is 0 Å². The van der Waals surface area contributed by atoms with Crippen LogP contribution in [0.4, 0.5) is 13.2 Å². The van der Waals surface area contributed by atoms with E-state index in [-0.39, 0.29) is 0 Å². The topological polar surface area (TPSA) is 0 Å². The second kappa shape index (κ2) is 5.14. The van der Waals surface area contributed by atoms with Gasteiger partial charge in [-0.05, 0) is 28.8 Å². The van der Waals surface area contributed by atoms with Crippen LogP contribution in [0.15, 0.2) is 48.5 Å². The highest BCUT2D eigenvalue weighted by atomic mass is 79.9. The number of hydrogen-bond acceptors (Lipinski definition) is 0. The minimum atomic E-state index is -4.31. The van der Waals surface area contributed by atoms with Gasteiger partial charge in [-0.1, -0.05) is 52.3 Å². The Morgan fingerprint density at radius 1 is 0.944 bits per heavy atom. The zero-order valence-corrected chi connectivity index (χ0v) is 10.9. The molecule has 2 aromatic carbocycles. The molecule has 0 spiro atoms. The molecule has 2 rings (SSSR count). The molecule has 0 saturated heterocycles. The predicted molar refractivity (Wildman–Crippen MR) is 69.5 cm³/mol. The van der Waals surface area contributed by atoms with Crippen molar-refractivity contribution in [3.63, 3.8) is 0 Å². The molecule has 0 nitrogen and oxygen atoms in total. The van der Waals surface area contributed by atoms with E-state index in [1.165, 1.54) is 12.1 Å². The molecule has 0 aliphatic heterocycles. The van der Waals surface area contributed by atoms with E-state index in [1.807, 2.05) is 24.3 Å². The number of benzene rings is 2.